The van der Waals surface area contributed by atoms with Gasteiger partial charge in [-0.1, -0.05) is 0 Å². The molecule has 1 saturated carbocycles. The first-order valence-electron chi connectivity index (χ1n) is 6.58. The van der Waals surface area contributed by atoms with Crippen LogP contribution in [0.5, 0.6) is 0 Å². The standard InChI is InChI=1S/C13H20N4O/c14-16-10-3-4-15-11(5-10)7-17-6-9-1-2-13(18)12(9)8-17/h3-5,9,12-13,18H,1-2,6-8,14H2,(H,15,16). The predicted octanol–water partition coefficient (Wildman–Crippen LogP) is 0.570. The molecule has 3 rings (SSSR count). The Morgan fingerprint density at radius 1 is 1.44 bits per heavy atom. The Hall–Kier alpha value is -1.17. The lowest BCUT2D eigenvalue weighted by molar-refractivity contribution is 0.123. The third-order valence-electron chi connectivity index (χ3n) is 4.26. The number of aliphatic hydroxyl groups is 1. The highest BCUT2D eigenvalue weighted by atomic mass is 16.3. The van der Waals surface area contributed by atoms with Gasteiger partial charge in [0.1, 0.15) is 0 Å². The Bertz CT molecular complexity index is 425. The number of fused-ring (bicyclic) bond motifs is 1. The van der Waals surface area contributed by atoms with Crippen LogP contribution in [0.2, 0.25) is 0 Å². The predicted molar refractivity (Wildman–Crippen MR) is 69.5 cm³/mol. The fraction of sp³-hybridized carbons (Fsp3) is 0.615. The zero-order chi connectivity index (χ0) is 12.5. The summed E-state index contributed by atoms with van der Waals surface area (Å²) in [4.78, 5) is 6.75. The van der Waals surface area contributed by atoms with Crippen LogP contribution in [-0.4, -0.2) is 34.2 Å². The van der Waals surface area contributed by atoms with Crippen LogP contribution in [0.4, 0.5) is 5.69 Å². The maximum Gasteiger partial charge on any atom is 0.0583 e. The first-order valence-corrected chi connectivity index (χ1v) is 6.58. The van der Waals surface area contributed by atoms with Gasteiger partial charge in [0.2, 0.25) is 0 Å². The molecule has 3 atom stereocenters. The van der Waals surface area contributed by atoms with Crippen LogP contribution in [0.1, 0.15) is 18.5 Å². The molecule has 2 heterocycles. The molecule has 1 aliphatic heterocycles. The second kappa shape index (κ2) is 4.84. The minimum atomic E-state index is -0.0926. The molecule has 0 amide bonds. The van der Waals surface area contributed by atoms with E-state index in [0.717, 1.165) is 37.4 Å². The number of aromatic nitrogens is 1. The van der Waals surface area contributed by atoms with E-state index in [1.165, 1.54) is 6.42 Å². The third-order valence-corrected chi connectivity index (χ3v) is 4.26. The van der Waals surface area contributed by atoms with E-state index in [0.29, 0.717) is 11.8 Å². The molecular weight excluding hydrogens is 228 g/mol. The Morgan fingerprint density at radius 2 is 2.33 bits per heavy atom. The monoisotopic (exact) mass is 248 g/mol. The van der Waals surface area contributed by atoms with E-state index in [9.17, 15) is 5.11 Å². The minimum Gasteiger partial charge on any atom is -0.393 e. The van der Waals surface area contributed by atoms with Crippen molar-refractivity contribution in [3.63, 3.8) is 0 Å². The lowest BCUT2D eigenvalue weighted by Gasteiger charge is -2.17. The molecule has 0 bridgehead atoms. The van der Waals surface area contributed by atoms with E-state index >= 15 is 0 Å². The normalized spacial score (nSPS) is 31.6. The molecule has 1 aromatic heterocycles. The molecule has 98 valence electrons. The van der Waals surface area contributed by atoms with Gasteiger partial charge in [0.15, 0.2) is 0 Å². The number of nitrogens with zero attached hydrogens (tertiary/aromatic N) is 2. The van der Waals surface area contributed by atoms with Gasteiger partial charge in [-0.05, 0) is 30.9 Å². The molecule has 3 unspecified atom stereocenters. The number of nitrogen functional groups attached to an aromatic ring is 1. The van der Waals surface area contributed by atoms with Gasteiger partial charge in [0.25, 0.3) is 0 Å². The maximum absolute atomic E-state index is 9.90. The summed E-state index contributed by atoms with van der Waals surface area (Å²) < 4.78 is 0. The number of nitrogens with one attached hydrogen (secondary N) is 1. The van der Waals surface area contributed by atoms with Gasteiger partial charge in [-0.3, -0.25) is 15.7 Å². The van der Waals surface area contributed by atoms with Crippen LogP contribution in [0.25, 0.3) is 0 Å². The van der Waals surface area contributed by atoms with Crippen molar-refractivity contribution in [3.05, 3.63) is 24.0 Å². The molecular formula is C13H20N4O. The van der Waals surface area contributed by atoms with E-state index in [4.69, 9.17) is 5.84 Å². The number of pyridine rings is 1. The molecule has 0 radical (unpaired) electrons. The van der Waals surface area contributed by atoms with E-state index in [2.05, 4.69) is 15.3 Å². The molecule has 2 aliphatic rings. The number of nitrogens with two attached hydrogens (primary N) is 1. The van der Waals surface area contributed by atoms with E-state index in [1.54, 1.807) is 6.20 Å². The summed E-state index contributed by atoms with van der Waals surface area (Å²) >= 11 is 0. The van der Waals surface area contributed by atoms with Crippen molar-refractivity contribution in [3.8, 4) is 0 Å². The van der Waals surface area contributed by atoms with Crippen molar-refractivity contribution in [2.75, 3.05) is 18.5 Å². The Kier molecular flexibility index (Phi) is 3.20. The van der Waals surface area contributed by atoms with Gasteiger partial charge in [-0.15, -0.1) is 0 Å². The van der Waals surface area contributed by atoms with Gasteiger partial charge in [-0.25, -0.2) is 0 Å². The van der Waals surface area contributed by atoms with Crippen LogP contribution in [0.15, 0.2) is 18.3 Å². The highest BCUT2D eigenvalue weighted by Gasteiger charge is 2.41. The van der Waals surface area contributed by atoms with Crippen molar-refractivity contribution in [1.82, 2.24) is 9.88 Å². The lowest BCUT2D eigenvalue weighted by atomic mass is 10.00. The van der Waals surface area contributed by atoms with Crippen LogP contribution < -0.4 is 11.3 Å². The Morgan fingerprint density at radius 3 is 3.11 bits per heavy atom. The quantitative estimate of drug-likeness (QED) is 0.538. The third kappa shape index (κ3) is 2.21. The van der Waals surface area contributed by atoms with Crippen molar-refractivity contribution >= 4 is 5.69 Å². The number of hydrogen-bond donors (Lipinski definition) is 3. The maximum atomic E-state index is 9.90. The SMILES string of the molecule is NNc1ccnc(CN2CC3CCC(O)C3C2)c1. The molecule has 4 N–H and O–H groups in total. The van der Waals surface area contributed by atoms with Crippen LogP contribution in [-0.2, 0) is 6.54 Å². The second-order valence-corrected chi connectivity index (χ2v) is 5.44. The fourth-order valence-electron chi connectivity index (χ4n) is 3.34. The van der Waals surface area contributed by atoms with Crippen molar-refractivity contribution in [1.29, 1.82) is 0 Å². The van der Waals surface area contributed by atoms with Crippen LogP contribution in [0.3, 0.4) is 0 Å². The van der Waals surface area contributed by atoms with Crippen LogP contribution >= 0.6 is 0 Å². The number of aliphatic hydroxyl groups excluding tert-OH is 1. The van der Waals surface area contributed by atoms with Crippen molar-refractivity contribution < 1.29 is 5.11 Å². The Labute approximate surface area is 107 Å². The van der Waals surface area contributed by atoms with E-state index < -0.39 is 0 Å². The zero-order valence-electron chi connectivity index (χ0n) is 10.4. The summed E-state index contributed by atoms with van der Waals surface area (Å²) in [6, 6.07) is 3.83. The molecule has 5 heteroatoms. The highest BCUT2D eigenvalue weighted by Crippen LogP contribution is 2.38. The van der Waals surface area contributed by atoms with Gasteiger partial charge in [0, 0.05) is 31.7 Å². The average molecular weight is 248 g/mol. The number of rotatable bonds is 3. The van der Waals surface area contributed by atoms with E-state index in [1.807, 2.05) is 12.1 Å². The van der Waals surface area contributed by atoms with Gasteiger partial charge in [0.05, 0.1) is 17.5 Å². The number of likely N-dealkylation sites (tertiary alicyclic amines) is 1. The first-order chi connectivity index (χ1) is 8.76. The summed E-state index contributed by atoms with van der Waals surface area (Å²) in [6.45, 7) is 2.92. The van der Waals surface area contributed by atoms with E-state index in [-0.39, 0.29) is 6.10 Å². The zero-order valence-corrected chi connectivity index (χ0v) is 10.4. The lowest BCUT2D eigenvalue weighted by Crippen LogP contribution is -2.24. The highest BCUT2D eigenvalue weighted by molar-refractivity contribution is 5.41. The van der Waals surface area contributed by atoms with Crippen molar-refractivity contribution in [2.24, 2.45) is 17.7 Å². The molecule has 2 fully saturated rings. The topological polar surface area (TPSA) is 74.4 Å². The number of hydrazine groups is 1. The molecule has 1 saturated heterocycles. The summed E-state index contributed by atoms with van der Waals surface area (Å²) in [6.07, 6.45) is 3.83. The average Bonchev–Trinajstić information content (AvgIpc) is 2.92. The number of hydrogen-bond acceptors (Lipinski definition) is 5. The molecule has 1 aromatic rings. The van der Waals surface area contributed by atoms with Gasteiger partial charge >= 0.3 is 0 Å². The van der Waals surface area contributed by atoms with Gasteiger partial charge < -0.3 is 10.5 Å². The second-order valence-electron chi connectivity index (χ2n) is 5.44. The smallest absolute Gasteiger partial charge is 0.0583 e. The number of anilines is 1. The van der Waals surface area contributed by atoms with Crippen molar-refractivity contribution in [2.45, 2.75) is 25.5 Å². The molecule has 1 aliphatic carbocycles. The minimum absolute atomic E-state index is 0.0926. The summed E-state index contributed by atoms with van der Waals surface area (Å²) in [5.41, 5.74) is 4.56. The molecule has 5 nitrogen and oxygen atoms in total. The molecule has 18 heavy (non-hydrogen) atoms. The Balaban J connectivity index is 1.64. The van der Waals surface area contributed by atoms with Crippen LogP contribution in [0, 0.1) is 11.8 Å². The summed E-state index contributed by atoms with van der Waals surface area (Å²) in [5, 5.41) is 9.90. The summed E-state index contributed by atoms with van der Waals surface area (Å²) in [7, 11) is 0. The molecule has 0 spiro atoms. The fourth-order valence-corrected chi connectivity index (χ4v) is 3.34. The van der Waals surface area contributed by atoms with Gasteiger partial charge in [-0.2, -0.15) is 0 Å². The largest absolute Gasteiger partial charge is 0.393 e. The molecule has 0 aromatic carbocycles. The summed E-state index contributed by atoms with van der Waals surface area (Å²) in [5.74, 6) is 6.55. The first kappa shape index (κ1) is 11.9.